The van der Waals surface area contributed by atoms with Crippen LogP contribution in [0.1, 0.15) is 12.0 Å². The van der Waals surface area contributed by atoms with E-state index in [1.807, 2.05) is 24.3 Å². The standard InChI is InChI=1S/C16H15FN2O/c17-12-6-2-4-8-14(12)19-16(20)15-10-9-11-5-1-3-7-13(11)18-15/h1-8,15,18H,9-10H2,(H,19,20). The van der Waals surface area contributed by atoms with Gasteiger partial charge in [0.1, 0.15) is 11.9 Å². The number of hydrogen-bond acceptors (Lipinski definition) is 2. The van der Waals surface area contributed by atoms with Crippen LogP contribution in [0, 0.1) is 5.82 Å². The SMILES string of the molecule is O=C(Nc1ccccc1F)C1CCc2ccccc2N1. The molecule has 0 radical (unpaired) electrons. The molecule has 0 aromatic heterocycles. The number of fused-ring (bicyclic) bond motifs is 1. The van der Waals surface area contributed by atoms with Crippen molar-refractivity contribution in [2.24, 2.45) is 0 Å². The van der Waals surface area contributed by atoms with Gasteiger partial charge in [0.2, 0.25) is 5.91 Å². The van der Waals surface area contributed by atoms with Crippen molar-refractivity contribution in [2.45, 2.75) is 18.9 Å². The number of carbonyl (C=O) groups excluding carboxylic acids is 1. The molecule has 0 spiro atoms. The number of para-hydroxylation sites is 2. The first-order chi connectivity index (χ1) is 9.74. The fourth-order valence-electron chi connectivity index (χ4n) is 2.42. The second-order valence-corrected chi connectivity index (χ2v) is 4.86. The molecule has 3 rings (SSSR count). The summed E-state index contributed by atoms with van der Waals surface area (Å²) in [7, 11) is 0. The topological polar surface area (TPSA) is 41.1 Å². The summed E-state index contributed by atoms with van der Waals surface area (Å²) in [6, 6.07) is 13.8. The molecule has 1 amide bonds. The molecule has 1 unspecified atom stereocenters. The van der Waals surface area contributed by atoms with Crippen LogP contribution in [0.4, 0.5) is 15.8 Å². The van der Waals surface area contributed by atoms with E-state index < -0.39 is 5.82 Å². The maximum Gasteiger partial charge on any atom is 0.246 e. The maximum atomic E-state index is 13.5. The van der Waals surface area contributed by atoms with Crippen LogP contribution in [0.3, 0.4) is 0 Å². The third-order valence-corrected chi connectivity index (χ3v) is 3.50. The molecule has 2 N–H and O–H groups in total. The molecule has 1 aliphatic heterocycles. The van der Waals surface area contributed by atoms with Crippen molar-refractivity contribution >= 4 is 17.3 Å². The summed E-state index contributed by atoms with van der Waals surface area (Å²) in [6.07, 6.45) is 1.55. The van der Waals surface area contributed by atoms with Crippen LogP contribution >= 0.6 is 0 Å². The summed E-state index contributed by atoms with van der Waals surface area (Å²) in [6.45, 7) is 0. The van der Waals surface area contributed by atoms with E-state index in [-0.39, 0.29) is 17.6 Å². The quantitative estimate of drug-likeness (QED) is 0.880. The molecule has 0 aliphatic carbocycles. The molecular weight excluding hydrogens is 255 g/mol. The highest BCUT2D eigenvalue weighted by molar-refractivity contribution is 5.97. The number of hydrogen-bond donors (Lipinski definition) is 2. The highest BCUT2D eigenvalue weighted by atomic mass is 19.1. The summed E-state index contributed by atoms with van der Waals surface area (Å²) in [5, 5.41) is 5.84. The Morgan fingerprint density at radius 1 is 1.15 bits per heavy atom. The van der Waals surface area contributed by atoms with Gasteiger partial charge in [0, 0.05) is 5.69 Å². The van der Waals surface area contributed by atoms with Gasteiger partial charge in [-0.15, -0.1) is 0 Å². The number of halogens is 1. The van der Waals surface area contributed by atoms with Crippen molar-refractivity contribution in [3.8, 4) is 0 Å². The molecule has 2 aromatic carbocycles. The zero-order chi connectivity index (χ0) is 13.9. The Morgan fingerprint density at radius 2 is 1.90 bits per heavy atom. The van der Waals surface area contributed by atoms with E-state index in [0.29, 0.717) is 6.42 Å². The van der Waals surface area contributed by atoms with Crippen LogP contribution in [-0.2, 0) is 11.2 Å². The number of rotatable bonds is 2. The molecule has 1 aliphatic rings. The van der Waals surface area contributed by atoms with Crippen molar-refractivity contribution in [2.75, 3.05) is 10.6 Å². The molecule has 1 heterocycles. The molecule has 2 aromatic rings. The second kappa shape index (κ2) is 5.33. The first-order valence-corrected chi connectivity index (χ1v) is 6.64. The van der Waals surface area contributed by atoms with Crippen molar-refractivity contribution in [3.63, 3.8) is 0 Å². The van der Waals surface area contributed by atoms with E-state index in [0.717, 1.165) is 12.1 Å². The summed E-state index contributed by atoms with van der Waals surface area (Å²) in [5.74, 6) is -0.623. The number of nitrogens with one attached hydrogen (secondary N) is 2. The van der Waals surface area contributed by atoms with Gasteiger partial charge in [0.05, 0.1) is 5.69 Å². The van der Waals surface area contributed by atoms with Crippen LogP contribution in [0.5, 0.6) is 0 Å². The molecule has 1 atom stereocenters. The van der Waals surface area contributed by atoms with Gasteiger partial charge in [-0.25, -0.2) is 4.39 Å². The van der Waals surface area contributed by atoms with E-state index >= 15 is 0 Å². The molecule has 0 saturated carbocycles. The lowest BCUT2D eigenvalue weighted by atomic mass is 9.97. The summed E-state index contributed by atoms with van der Waals surface area (Å²) in [4.78, 5) is 12.2. The fraction of sp³-hybridized carbons (Fsp3) is 0.188. The number of benzene rings is 2. The average Bonchev–Trinajstić information content (AvgIpc) is 2.49. The molecular formula is C16H15FN2O. The Morgan fingerprint density at radius 3 is 2.75 bits per heavy atom. The average molecular weight is 270 g/mol. The van der Waals surface area contributed by atoms with E-state index in [1.54, 1.807) is 18.2 Å². The zero-order valence-corrected chi connectivity index (χ0v) is 10.9. The minimum absolute atomic E-state index is 0.204. The smallest absolute Gasteiger partial charge is 0.246 e. The van der Waals surface area contributed by atoms with Gasteiger partial charge in [0.25, 0.3) is 0 Å². The molecule has 102 valence electrons. The lowest BCUT2D eigenvalue weighted by molar-refractivity contribution is -0.117. The van der Waals surface area contributed by atoms with Crippen molar-refractivity contribution in [1.29, 1.82) is 0 Å². The first kappa shape index (κ1) is 12.7. The Kier molecular flexibility index (Phi) is 3.37. The third kappa shape index (κ3) is 2.50. The largest absolute Gasteiger partial charge is 0.373 e. The van der Waals surface area contributed by atoms with E-state index in [1.165, 1.54) is 11.6 Å². The fourth-order valence-corrected chi connectivity index (χ4v) is 2.42. The van der Waals surface area contributed by atoms with E-state index in [4.69, 9.17) is 0 Å². The first-order valence-electron chi connectivity index (χ1n) is 6.64. The molecule has 0 saturated heterocycles. The molecule has 4 heteroatoms. The minimum Gasteiger partial charge on any atom is -0.373 e. The monoisotopic (exact) mass is 270 g/mol. The minimum atomic E-state index is -0.419. The summed E-state index contributed by atoms with van der Waals surface area (Å²) >= 11 is 0. The highest BCUT2D eigenvalue weighted by Gasteiger charge is 2.24. The third-order valence-electron chi connectivity index (χ3n) is 3.50. The van der Waals surface area contributed by atoms with Crippen molar-refractivity contribution in [1.82, 2.24) is 0 Å². The van der Waals surface area contributed by atoms with Crippen LogP contribution in [0.25, 0.3) is 0 Å². The van der Waals surface area contributed by atoms with Gasteiger partial charge in [-0.1, -0.05) is 30.3 Å². The number of anilines is 2. The van der Waals surface area contributed by atoms with Gasteiger partial charge in [-0.2, -0.15) is 0 Å². The van der Waals surface area contributed by atoms with Crippen LogP contribution < -0.4 is 10.6 Å². The van der Waals surface area contributed by atoms with Gasteiger partial charge in [-0.05, 0) is 36.6 Å². The second-order valence-electron chi connectivity index (χ2n) is 4.86. The predicted octanol–water partition coefficient (Wildman–Crippen LogP) is 3.19. The number of carbonyl (C=O) groups is 1. The van der Waals surface area contributed by atoms with Crippen molar-refractivity contribution in [3.05, 3.63) is 59.9 Å². The van der Waals surface area contributed by atoms with Gasteiger partial charge in [0.15, 0.2) is 0 Å². The molecule has 0 fully saturated rings. The lowest BCUT2D eigenvalue weighted by Gasteiger charge is -2.26. The van der Waals surface area contributed by atoms with Crippen LogP contribution in [-0.4, -0.2) is 11.9 Å². The predicted molar refractivity (Wildman–Crippen MR) is 77.2 cm³/mol. The lowest BCUT2D eigenvalue weighted by Crippen LogP contribution is -2.37. The van der Waals surface area contributed by atoms with Crippen molar-refractivity contribution < 1.29 is 9.18 Å². The molecule has 20 heavy (non-hydrogen) atoms. The maximum absolute atomic E-state index is 13.5. The van der Waals surface area contributed by atoms with Gasteiger partial charge in [-0.3, -0.25) is 4.79 Å². The normalized spacial score (nSPS) is 16.9. The van der Waals surface area contributed by atoms with E-state index in [2.05, 4.69) is 10.6 Å². The number of aryl methyl sites for hydroxylation is 1. The van der Waals surface area contributed by atoms with Gasteiger partial charge < -0.3 is 10.6 Å². The molecule has 0 bridgehead atoms. The Labute approximate surface area is 116 Å². The summed E-state index contributed by atoms with van der Waals surface area (Å²) in [5.41, 5.74) is 2.41. The van der Waals surface area contributed by atoms with Crippen LogP contribution in [0.15, 0.2) is 48.5 Å². The summed E-state index contributed by atoms with van der Waals surface area (Å²) < 4.78 is 13.5. The highest BCUT2D eigenvalue weighted by Crippen LogP contribution is 2.25. The van der Waals surface area contributed by atoms with E-state index in [9.17, 15) is 9.18 Å². The van der Waals surface area contributed by atoms with Crippen LogP contribution in [0.2, 0.25) is 0 Å². The zero-order valence-electron chi connectivity index (χ0n) is 10.9. The number of amides is 1. The Bertz CT molecular complexity index is 642. The Hall–Kier alpha value is -2.36. The van der Waals surface area contributed by atoms with Gasteiger partial charge >= 0.3 is 0 Å². The molecule has 3 nitrogen and oxygen atoms in total. The Balaban J connectivity index is 1.72.